The standard InChI is InChI=1S/C20H30N4OS/c1-5-17-15(3)26-18(24-17)12-13-22-19(21-6-2)23-14-20(4,25)16-10-8-7-9-11-16/h7-11,25H,5-6,12-14H2,1-4H3,(H2,21,22,23). The summed E-state index contributed by atoms with van der Waals surface area (Å²) in [5.41, 5.74) is 1.07. The molecule has 26 heavy (non-hydrogen) atoms. The molecular formula is C20H30N4OS. The van der Waals surface area contributed by atoms with Crippen LogP contribution in [-0.4, -0.2) is 35.7 Å². The Balaban J connectivity index is 1.93. The molecule has 1 heterocycles. The highest BCUT2D eigenvalue weighted by Crippen LogP contribution is 2.20. The lowest BCUT2D eigenvalue weighted by atomic mass is 9.96. The summed E-state index contributed by atoms with van der Waals surface area (Å²) in [6, 6.07) is 9.64. The Morgan fingerprint density at radius 1 is 1.23 bits per heavy atom. The first kappa shape index (κ1) is 20.4. The summed E-state index contributed by atoms with van der Waals surface area (Å²) in [6.07, 6.45) is 1.85. The lowest BCUT2D eigenvalue weighted by molar-refractivity contribution is 0.0672. The van der Waals surface area contributed by atoms with Crippen LogP contribution in [0, 0.1) is 6.92 Å². The molecule has 2 rings (SSSR count). The Morgan fingerprint density at radius 2 is 1.96 bits per heavy atom. The lowest BCUT2D eigenvalue weighted by Crippen LogP contribution is -2.39. The van der Waals surface area contributed by atoms with E-state index >= 15 is 0 Å². The molecule has 2 aromatic rings. The van der Waals surface area contributed by atoms with Gasteiger partial charge in [0.05, 0.1) is 17.2 Å². The van der Waals surface area contributed by atoms with Crippen molar-refractivity contribution in [2.45, 2.75) is 46.1 Å². The Labute approximate surface area is 160 Å². The van der Waals surface area contributed by atoms with Crippen molar-refractivity contribution in [1.29, 1.82) is 0 Å². The van der Waals surface area contributed by atoms with E-state index in [1.165, 1.54) is 10.6 Å². The summed E-state index contributed by atoms with van der Waals surface area (Å²) in [5, 5.41) is 18.4. The minimum atomic E-state index is -0.994. The average Bonchev–Trinajstić information content (AvgIpc) is 3.00. The third kappa shape index (κ3) is 5.81. The molecule has 5 nitrogen and oxygen atoms in total. The van der Waals surface area contributed by atoms with Crippen LogP contribution in [0.5, 0.6) is 0 Å². The van der Waals surface area contributed by atoms with E-state index in [9.17, 15) is 5.11 Å². The molecule has 0 radical (unpaired) electrons. The first-order chi connectivity index (χ1) is 12.5. The highest BCUT2D eigenvalue weighted by atomic mass is 32.1. The monoisotopic (exact) mass is 374 g/mol. The second kappa shape index (κ2) is 9.69. The van der Waals surface area contributed by atoms with Gasteiger partial charge >= 0.3 is 0 Å². The van der Waals surface area contributed by atoms with E-state index in [0.29, 0.717) is 12.5 Å². The summed E-state index contributed by atoms with van der Waals surface area (Å²) in [7, 11) is 0. The Hall–Kier alpha value is -1.92. The van der Waals surface area contributed by atoms with Gasteiger partial charge in [0.1, 0.15) is 5.60 Å². The van der Waals surface area contributed by atoms with Crippen molar-refractivity contribution in [3.05, 3.63) is 51.5 Å². The van der Waals surface area contributed by atoms with Gasteiger partial charge in [-0.2, -0.15) is 0 Å². The molecule has 142 valence electrons. The van der Waals surface area contributed by atoms with Crippen LogP contribution in [0.25, 0.3) is 0 Å². The minimum absolute atomic E-state index is 0.294. The number of aryl methyl sites for hydroxylation is 2. The van der Waals surface area contributed by atoms with Crippen LogP contribution in [0.4, 0.5) is 0 Å². The largest absolute Gasteiger partial charge is 0.384 e. The average molecular weight is 375 g/mol. The van der Waals surface area contributed by atoms with Gasteiger partial charge in [0.15, 0.2) is 5.96 Å². The molecule has 0 bridgehead atoms. The summed E-state index contributed by atoms with van der Waals surface area (Å²) in [4.78, 5) is 10.5. The normalized spacial score (nSPS) is 14.1. The third-order valence-corrected chi connectivity index (χ3v) is 5.26. The summed E-state index contributed by atoms with van der Waals surface area (Å²) >= 11 is 1.77. The molecule has 0 saturated carbocycles. The van der Waals surface area contributed by atoms with Gasteiger partial charge < -0.3 is 15.7 Å². The van der Waals surface area contributed by atoms with Crippen LogP contribution in [-0.2, 0) is 18.4 Å². The Morgan fingerprint density at radius 3 is 2.58 bits per heavy atom. The van der Waals surface area contributed by atoms with Gasteiger partial charge in [-0.25, -0.2) is 9.98 Å². The van der Waals surface area contributed by atoms with E-state index < -0.39 is 5.60 Å². The molecule has 3 N–H and O–H groups in total. The van der Waals surface area contributed by atoms with E-state index in [4.69, 9.17) is 0 Å². The number of aromatic nitrogens is 1. The zero-order valence-corrected chi connectivity index (χ0v) is 17.0. The summed E-state index contributed by atoms with van der Waals surface area (Å²) in [5.74, 6) is 0.715. The smallest absolute Gasteiger partial charge is 0.191 e. The van der Waals surface area contributed by atoms with Crippen molar-refractivity contribution in [3.8, 4) is 0 Å². The molecule has 0 aliphatic rings. The van der Waals surface area contributed by atoms with Gasteiger partial charge in [-0.05, 0) is 32.8 Å². The summed E-state index contributed by atoms with van der Waals surface area (Å²) in [6.45, 7) is 9.92. The van der Waals surface area contributed by atoms with Crippen molar-refractivity contribution in [1.82, 2.24) is 15.6 Å². The number of nitrogens with one attached hydrogen (secondary N) is 2. The molecule has 0 aliphatic heterocycles. The number of aliphatic imine (C=N–C) groups is 1. The van der Waals surface area contributed by atoms with Crippen LogP contribution < -0.4 is 10.6 Å². The van der Waals surface area contributed by atoms with E-state index in [0.717, 1.165) is 36.5 Å². The van der Waals surface area contributed by atoms with E-state index in [1.54, 1.807) is 18.3 Å². The highest BCUT2D eigenvalue weighted by Gasteiger charge is 2.22. The number of guanidine groups is 1. The number of hydrogen-bond donors (Lipinski definition) is 3. The first-order valence-corrected chi connectivity index (χ1v) is 10.0. The summed E-state index contributed by atoms with van der Waals surface area (Å²) < 4.78 is 0. The van der Waals surface area contributed by atoms with Gasteiger partial charge in [0.2, 0.25) is 0 Å². The first-order valence-electron chi connectivity index (χ1n) is 9.21. The molecule has 0 fully saturated rings. The predicted molar refractivity (Wildman–Crippen MR) is 110 cm³/mol. The lowest BCUT2D eigenvalue weighted by Gasteiger charge is -2.22. The van der Waals surface area contributed by atoms with Crippen LogP contribution in [0.15, 0.2) is 35.3 Å². The molecule has 0 amide bonds. The fourth-order valence-corrected chi connectivity index (χ4v) is 3.69. The number of thiazole rings is 1. The number of rotatable bonds is 8. The second-order valence-corrected chi connectivity index (χ2v) is 7.76. The van der Waals surface area contributed by atoms with Crippen molar-refractivity contribution >= 4 is 17.3 Å². The minimum Gasteiger partial charge on any atom is -0.384 e. The molecule has 0 saturated heterocycles. The number of benzene rings is 1. The van der Waals surface area contributed by atoms with Gasteiger partial charge in [0, 0.05) is 24.4 Å². The Bertz CT molecular complexity index is 710. The van der Waals surface area contributed by atoms with Crippen LogP contribution in [0.3, 0.4) is 0 Å². The van der Waals surface area contributed by atoms with Crippen LogP contribution >= 0.6 is 11.3 Å². The zero-order chi connectivity index (χ0) is 19.0. The van der Waals surface area contributed by atoms with Crippen molar-refractivity contribution in [2.75, 3.05) is 19.6 Å². The second-order valence-electron chi connectivity index (χ2n) is 6.48. The van der Waals surface area contributed by atoms with Crippen molar-refractivity contribution in [3.63, 3.8) is 0 Å². The van der Waals surface area contributed by atoms with E-state index in [1.807, 2.05) is 37.3 Å². The van der Waals surface area contributed by atoms with Gasteiger partial charge in [-0.15, -0.1) is 11.3 Å². The molecule has 1 atom stereocenters. The SMILES string of the molecule is CCNC(=NCC(C)(O)c1ccccc1)NCCc1nc(CC)c(C)s1. The highest BCUT2D eigenvalue weighted by molar-refractivity contribution is 7.11. The molecule has 6 heteroatoms. The fraction of sp³-hybridized carbons (Fsp3) is 0.500. The van der Waals surface area contributed by atoms with Crippen molar-refractivity contribution in [2.24, 2.45) is 4.99 Å². The topological polar surface area (TPSA) is 69.5 Å². The number of hydrogen-bond acceptors (Lipinski definition) is 4. The molecule has 1 aromatic heterocycles. The van der Waals surface area contributed by atoms with E-state index in [-0.39, 0.29) is 0 Å². The Kier molecular flexibility index (Phi) is 7.60. The van der Waals surface area contributed by atoms with Crippen LogP contribution in [0.2, 0.25) is 0 Å². The van der Waals surface area contributed by atoms with Crippen LogP contribution in [0.1, 0.15) is 41.9 Å². The quantitative estimate of drug-likeness (QED) is 0.491. The maximum absolute atomic E-state index is 10.7. The zero-order valence-electron chi connectivity index (χ0n) is 16.2. The van der Waals surface area contributed by atoms with Gasteiger partial charge in [-0.3, -0.25) is 0 Å². The third-order valence-electron chi connectivity index (χ3n) is 4.19. The maximum Gasteiger partial charge on any atom is 0.191 e. The number of nitrogens with zero attached hydrogens (tertiary/aromatic N) is 2. The fourth-order valence-electron chi connectivity index (χ4n) is 2.67. The van der Waals surface area contributed by atoms with Gasteiger partial charge in [-0.1, -0.05) is 37.3 Å². The van der Waals surface area contributed by atoms with Crippen molar-refractivity contribution < 1.29 is 5.11 Å². The molecule has 0 spiro atoms. The predicted octanol–water partition coefficient (Wildman–Crippen LogP) is 3.02. The molecule has 1 aromatic carbocycles. The molecule has 0 aliphatic carbocycles. The van der Waals surface area contributed by atoms with Gasteiger partial charge in [0.25, 0.3) is 0 Å². The number of aliphatic hydroxyl groups is 1. The molecular weight excluding hydrogens is 344 g/mol. The maximum atomic E-state index is 10.7. The van der Waals surface area contributed by atoms with E-state index in [2.05, 4.69) is 34.5 Å². The molecule has 1 unspecified atom stereocenters.